The van der Waals surface area contributed by atoms with Crippen molar-refractivity contribution < 1.29 is 5.11 Å². The number of rotatable bonds is 4. The summed E-state index contributed by atoms with van der Waals surface area (Å²) in [5, 5.41) is 10.0. The van der Waals surface area contributed by atoms with Gasteiger partial charge in [0, 0.05) is 5.54 Å². The largest absolute Gasteiger partial charge is 0.388 e. The van der Waals surface area contributed by atoms with Gasteiger partial charge in [-0.2, -0.15) is 0 Å². The minimum absolute atomic E-state index is 0.448. The van der Waals surface area contributed by atoms with Crippen LogP contribution in [0, 0.1) is 0 Å². The molecule has 0 saturated heterocycles. The van der Waals surface area contributed by atoms with E-state index in [1.54, 1.807) is 0 Å². The summed E-state index contributed by atoms with van der Waals surface area (Å²) in [6.45, 7) is 7.88. The molecule has 68 valence electrons. The lowest BCUT2D eigenvalue weighted by atomic mass is 9.76. The molecule has 1 unspecified atom stereocenters. The fourth-order valence-electron chi connectivity index (χ4n) is 1.39. The smallest absolute Gasteiger partial charge is 0.0818 e. The van der Waals surface area contributed by atoms with E-state index < -0.39 is 11.1 Å². The van der Waals surface area contributed by atoms with Crippen molar-refractivity contribution in [1.82, 2.24) is 0 Å². The van der Waals surface area contributed by atoms with Crippen LogP contribution in [-0.4, -0.2) is 16.2 Å². The van der Waals surface area contributed by atoms with Crippen LogP contribution < -0.4 is 5.73 Å². The van der Waals surface area contributed by atoms with E-state index in [9.17, 15) is 5.11 Å². The van der Waals surface area contributed by atoms with E-state index in [4.69, 9.17) is 5.73 Å². The highest BCUT2D eigenvalue weighted by atomic mass is 16.3. The number of nitrogens with two attached hydrogens (primary N) is 1. The van der Waals surface area contributed by atoms with Crippen LogP contribution in [0.5, 0.6) is 0 Å². The zero-order chi connectivity index (χ0) is 9.12. The predicted octanol–water partition coefficient (Wildman–Crippen LogP) is 1.66. The zero-order valence-electron chi connectivity index (χ0n) is 8.15. The first-order valence-electron chi connectivity index (χ1n) is 4.44. The van der Waals surface area contributed by atoms with Gasteiger partial charge in [0.1, 0.15) is 0 Å². The van der Waals surface area contributed by atoms with E-state index in [-0.39, 0.29) is 0 Å². The molecule has 0 aliphatic heterocycles. The van der Waals surface area contributed by atoms with Gasteiger partial charge >= 0.3 is 0 Å². The van der Waals surface area contributed by atoms with Crippen LogP contribution >= 0.6 is 0 Å². The van der Waals surface area contributed by atoms with Crippen LogP contribution in [-0.2, 0) is 0 Å². The summed E-state index contributed by atoms with van der Waals surface area (Å²) >= 11 is 0. The predicted molar refractivity (Wildman–Crippen MR) is 48.4 cm³/mol. The van der Waals surface area contributed by atoms with Gasteiger partial charge in [-0.15, -0.1) is 0 Å². The van der Waals surface area contributed by atoms with E-state index in [1.165, 1.54) is 0 Å². The van der Waals surface area contributed by atoms with E-state index in [1.807, 2.05) is 27.7 Å². The Balaban J connectivity index is 4.47. The number of aliphatic hydroxyl groups is 1. The molecular formula is C9H21NO. The van der Waals surface area contributed by atoms with Gasteiger partial charge in [-0.3, -0.25) is 0 Å². The Kier molecular flexibility index (Phi) is 3.52. The van der Waals surface area contributed by atoms with Crippen LogP contribution in [0.4, 0.5) is 0 Å². The maximum absolute atomic E-state index is 10.0. The normalized spacial score (nSPS) is 18.0. The highest BCUT2D eigenvalue weighted by Gasteiger charge is 2.39. The van der Waals surface area contributed by atoms with Crippen molar-refractivity contribution in [1.29, 1.82) is 0 Å². The molecule has 0 aliphatic carbocycles. The Morgan fingerprint density at radius 2 is 1.45 bits per heavy atom. The summed E-state index contributed by atoms with van der Waals surface area (Å²) in [7, 11) is 0. The molecule has 2 heteroatoms. The van der Waals surface area contributed by atoms with Crippen molar-refractivity contribution in [2.45, 2.75) is 58.1 Å². The molecule has 0 spiro atoms. The highest BCUT2D eigenvalue weighted by molar-refractivity contribution is 4.97. The summed E-state index contributed by atoms with van der Waals surface area (Å²) in [4.78, 5) is 0. The molecule has 0 amide bonds. The van der Waals surface area contributed by atoms with E-state index in [0.29, 0.717) is 0 Å². The Morgan fingerprint density at radius 3 is 1.55 bits per heavy atom. The Labute approximate surface area is 69.8 Å². The first kappa shape index (κ1) is 10.9. The summed E-state index contributed by atoms with van der Waals surface area (Å²) in [5.74, 6) is 0. The molecule has 0 heterocycles. The molecule has 1 atom stereocenters. The van der Waals surface area contributed by atoms with Gasteiger partial charge in [-0.25, -0.2) is 0 Å². The summed E-state index contributed by atoms with van der Waals surface area (Å²) < 4.78 is 0. The third kappa shape index (κ3) is 1.94. The average molecular weight is 159 g/mol. The molecule has 2 nitrogen and oxygen atoms in total. The molecule has 0 aromatic rings. The lowest BCUT2D eigenvalue weighted by Gasteiger charge is -2.41. The summed E-state index contributed by atoms with van der Waals surface area (Å²) in [6, 6.07) is 0. The monoisotopic (exact) mass is 159 g/mol. The molecule has 0 aromatic heterocycles. The number of hydrogen-bond donors (Lipinski definition) is 2. The molecule has 0 rings (SSSR count). The second-order valence-electron chi connectivity index (χ2n) is 3.51. The van der Waals surface area contributed by atoms with Crippen molar-refractivity contribution in [2.24, 2.45) is 5.73 Å². The van der Waals surface area contributed by atoms with Crippen molar-refractivity contribution in [2.75, 3.05) is 0 Å². The van der Waals surface area contributed by atoms with Crippen molar-refractivity contribution in [3.8, 4) is 0 Å². The maximum atomic E-state index is 10.0. The molecule has 0 aliphatic rings. The number of hydrogen-bond acceptors (Lipinski definition) is 2. The highest BCUT2D eigenvalue weighted by Crippen LogP contribution is 2.29. The fraction of sp³-hybridized carbons (Fsp3) is 1.00. The van der Waals surface area contributed by atoms with Crippen molar-refractivity contribution in [3.05, 3.63) is 0 Å². The van der Waals surface area contributed by atoms with Gasteiger partial charge in [-0.1, -0.05) is 20.8 Å². The molecule has 0 fully saturated rings. The minimum atomic E-state index is -0.693. The molecule has 11 heavy (non-hydrogen) atoms. The molecular weight excluding hydrogens is 138 g/mol. The third-order valence-corrected chi connectivity index (χ3v) is 2.97. The Bertz CT molecular complexity index is 117. The van der Waals surface area contributed by atoms with E-state index in [0.717, 1.165) is 19.3 Å². The fourth-order valence-corrected chi connectivity index (χ4v) is 1.39. The van der Waals surface area contributed by atoms with Crippen LogP contribution in [0.15, 0.2) is 0 Å². The van der Waals surface area contributed by atoms with Gasteiger partial charge < -0.3 is 10.8 Å². The lowest BCUT2D eigenvalue weighted by Crippen LogP contribution is -2.57. The van der Waals surface area contributed by atoms with Crippen LogP contribution in [0.3, 0.4) is 0 Å². The molecule has 0 aromatic carbocycles. The van der Waals surface area contributed by atoms with Crippen LogP contribution in [0.1, 0.15) is 47.0 Å². The maximum Gasteiger partial charge on any atom is 0.0818 e. The topological polar surface area (TPSA) is 46.2 Å². The minimum Gasteiger partial charge on any atom is -0.388 e. The summed E-state index contributed by atoms with van der Waals surface area (Å²) in [6.07, 6.45) is 2.26. The second-order valence-corrected chi connectivity index (χ2v) is 3.51. The standard InChI is InChI=1S/C9H21NO/c1-5-8(4,10)9(11,6-2)7-3/h11H,5-7,10H2,1-4H3. The Morgan fingerprint density at radius 1 is 1.09 bits per heavy atom. The van der Waals surface area contributed by atoms with Gasteiger partial charge in [0.05, 0.1) is 5.60 Å². The SMILES string of the molecule is CCC(C)(N)C(O)(CC)CC. The Hall–Kier alpha value is -0.0800. The van der Waals surface area contributed by atoms with Crippen LogP contribution in [0.25, 0.3) is 0 Å². The van der Waals surface area contributed by atoms with Crippen molar-refractivity contribution in [3.63, 3.8) is 0 Å². The zero-order valence-corrected chi connectivity index (χ0v) is 8.15. The van der Waals surface area contributed by atoms with Crippen molar-refractivity contribution >= 4 is 0 Å². The lowest BCUT2D eigenvalue weighted by molar-refractivity contribution is -0.0371. The molecule has 0 radical (unpaired) electrons. The van der Waals surface area contributed by atoms with Gasteiger partial charge in [0.15, 0.2) is 0 Å². The van der Waals surface area contributed by atoms with Gasteiger partial charge in [0.2, 0.25) is 0 Å². The quantitative estimate of drug-likeness (QED) is 0.655. The van der Waals surface area contributed by atoms with E-state index >= 15 is 0 Å². The van der Waals surface area contributed by atoms with Gasteiger partial charge in [0.25, 0.3) is 0 Å². The third-order valence-electron chi connectivity index (χ3n) is 2.97. The van der Waals surface area contributed by atoms with E-state index in [2.05, 4.69) is 0 Å². The molecule has 0 bridgehead atoms. The second kappa shape index (κ2) is 3.55. The first-order chi connectivity index (χ1) is 4.93. The average Bonchev–Trinajstić information content (AvgIpc) is 2.02. The first-order valence-corrected chi connectivity index (χ1v) is 4.44. The molecule has 0 saturated carbocycles. The summed E-state index contributed by atoms with van der Waals surface area (Å²) in [5.41, 5.74) is 4.82. The van der Waals surface area contributed by atoms with Gasteiger partial charge in [-0.05, 0) is 26.2 Å². The molecule has 3 N–H and O–H groups in total. The van der Waals surface area contributed by atoms with Crippen LogP contribution in [0.2, 0.25) is 0 Å².